The Balaban J connectivity index is 1.41. The van der Waals surface area contributed by atoms with Crippen molar-refractivity contribution in [2.45, 2.75) is 0 Å². The first-order valence-corrected chi connectivity index (χ1v) is 15.4. The van der Waals surface area contributed by atoms with E-state index in [4.69, 9.17) is 0 Å². The molecule has 0 bridgehead atoms. The van der Waals surface area contributed by atoms with Crippen LogP contribution in [0.3, 0.4) is 0 Å². The van der Waals surface area contributed by atoms with E-state index < -0.39 is 0 Å². The van der Waals surface area contributed by atoms with Gasteiger partial charge in [-0.05, 0) is 72.1 Å². The quantitative estimate of drug-likeness (QED) is 0.206. The van der Waals surface area contributed by atoms with Gasteiger partial charge in [0.05, 0.1) is 16.7 Å². The molecule has 0 amide bonds. The van der Waals surface area contributed by atoms with Crippen molar-refractivity contribution in [3.63, 3.8) is 0 Å². The highest BCUT2D eigenvalue weighted by molar-refractivity contribution is 7.26. The van der Waals surface area contributed by atoms with Crippen molar-refractivity contribution in [2.24, 2.45) is 0 Å². The Morgan fingerprint density at radius 1 is 0.442 bits per heavy atom. The zero-order valence-corrected chi connectivity index (χ0v) is 24.1. The van der Waals surface area contributed by atoms with E-state index in [0.717, 1.165) is 11.4 Å². The third-order valence-corrected chi connectivity index (χ3v) is 9.68. The lowest BCUT2D eigenvalue weighted by atomic mass is 10.0. The summed E-state index contributed by atoms with van der Waals surface area (Å²) >= 11 is 1.88. The molecule has 0 aliphatic heterocycles. The van der Waals surface area contributed by atoms with E-state index in [-0.39, 0.29) is 0 Å². The van der Waals surface area contributed by atoms with Crippen LogP contribution in [0.25, 0.3) is 58.4 Å². The van der Waals surface area contributed by atoms with Crippen molar-refractivity contribution in [3.05, 3.63) is 158 Å². The van der Waals surface area contributed by atoms with Crippen molar-refractivity contribution in [1.82, 2.24) is 4.57 Å². The maximum Gasteiger partial charge on any atom is 0.0548 e. The number of thiophene rings is 1. The normalized spacial score (nSPS) is 11.7. The van der Waals surface area contributed by atoms with Gasteiger partial charge in [-0.2, -0.15) is 0 Å². The number of rotatable bonds is 4. The summed E-state index contributed by atoms with van der Waals surface area (Å²) in [6.07, 6.45) is 0. The maximum absolute atomic E-state index is 2.42. The van der Waals surface area contributed by atoms with E-state index in [0.29, 0.717) is 0 Å². The predicted molar refractivity (Wildman–Crippen MR) is 186 cm³/mol. The molecular formula is C40H26N2S. The molecule has 0 aliphatic carbocycles. The van der Waals surface area contributed by atoms with Crippen LogP contribution in [0.15, 0.2) is 158 Å². The fourth-order valence-electron chi connectivity index (χ4n) is 6.72. The maximum atomic E-state index is 2.42. The van der Waals surface area contributed by atoms with Crippen LogP contribution in [-0.4, -0.2) is 4.57 Å². The minimum absolute atomic E-state index is 1.14. The van der Waals surface area contributed by atoms with Gasteiger partial charge in [-0.25, -0.2) is 0 Å². The van der Waals surface area contributed by atoms with E-state index >= 15 is 0 Å². The number of anilines is 3. The van der Waals surface area contributed by atoms with Crippen molar-refractivity contribution < 1.29 is 0 Å². The van der Waals surface area contributed by atoms with E-state index in [1.165, 1.54) is 64.1 Å². The number of aromatic nitrogens is 1. The number of fused-ring (bicyclic) bond motifs is 8. The molecule has 202 valence electrons. The summed E-state index contributed by atoms with van der Waals surface area (Å²) in [6.45, 7) is 0. The summed E-state index contributed by atoms with van der Waals surface area (Å²) in [5.41, 5.74) is 7.05. The van der Waals surface area contributed by atoms with Gasteiger partial charge >= 0.3 is 0 Å². The highest BCUT2D eigenvalue weighted by Gasteiger charge is 2.21. The van der Waals surface area contributed by atoms with Gasteiger partial charge in [0.2, 0.25) is 0 Å². The Hall–Kier alpha value is -5.38. The average Bonchev–Trinajstić information content (AvgIpc) is 3.61. The molecule has 0 fully saturated rings. The van der Waals surface area contributed by atoms with Crippen molar-refractivity contribution in [3.8, 4) is 5.69 Å². The van der Waals surface area contributed by atoms with Gasteiger partial charge in [-0.15, -0.1) is 11.3 Å². The Kier molecular flexibility index (Phi) is 5.40. The van der Waals surface area contributed by atoms with Gasteiger partial charge in [-0.1, -0.05) is 91.0 Å². The molecule has 0 spiro atoms. The van der Waals surface area contributed by atoms with Crippen LogP contribution in [0.2, 0.25) is 0 Å². The van der Waals surface area contributed by atoms with E-state index in [1.54, 1.807) is 0 Å². The van der Waals surface area contributed by atoms with Crippen LogP contribution >= 0.6 is 11.3 Å². The third kappa shape index (κ3) is 3.72. The molecule has 0 atom stereocenters. The molecule has 0 radical (unpaired) electrons. The van der Waals surface area contributed by atoms with Crippen molar-refractivity contribution in [1.29, 1.82) is 0 Å². The van der Waals surface area contributed by atoms with Crippen LogP contribution in [0.4, 0.5) is 17.1 Å². The third-order valence-electron chi connectivity index (χ3n) is 8.55. The summed E-state index contributed by atoms with van der Waals surface area (Å²) in [4.78, 5) is 2.40. The largest absolute Gasteiger partial charge is 0.310 e. The first-order chi connectivity index (χ1) is 21.3. The monoisotopic (exact) mass is 566 g/mol. The van der Waals surface area contributed by atoms with Gasteiger partial charge < -0.3 is 9.47 Å². The smallest absolute Gasteiger partial charge is 0.0548 e. The molecule has 2 heterocycles. The lowest BCUT2D eigenvalue weighted by Gasteiger charge is -2.27. The number of nitrogens with zero attached hydrogens (tertiary/aromatic N) is 2. The molecule has 2 aromatic heterocycles. The second-order valence-corrected chi connectivity index (χ2v) is 12.1. The number of hydrogen-bond donors (Lipinski definition) is 0. The lowest BCUT2D eigenvalue weighted by Crippen LogP contribution is -2.10. The Labute approximate surface area is 253 Å². The molecule has 0 N–H and O–H groups in total. The summed E-state index contributed by atoms with van der Waals surface area (Å²) in [5.74, 6) is 0. The molecule has 3 heteroatoms. The van der Waals surface area contributed by atoms with Gasteiger partial charge in [0, 0.05) is 53.4 Å². The van der Waals surface area contributed by atoms with Gasteiger partial charge in [0.15, 0.2) is 0 Å². The molecule has 9 aromatic rings. The zero-order chi connectivity index (χ0) is 28.3. The van der Waals surface area contributed by atoms with Gasteiger partial charge in [0.1, 0.15) is 0 Å². The molecule has 43 heavy (non-hydrogen) atoms. The summed E-state index contributed by atoms with van der Waals surface area (Å²) in [6, 6.07) is 57.1. The highest BCUT2D eigenvalue weighted by Crippen LogP contribution is 2.46. The average molecular weight is 567 g/mol. The molecule has 0 saturated carbocycles. The molecule has 0 aliphatic rings. The van der Waals surface area contributed by atoms with Crippen LogP contribution in [0.1, 0.15) is 0 Å². The fourth-order valence-corrected chi connectivity index (χ4v) is 7.83. The molecule has 2 nitrogen and oxygen atoms in total. The fraction of sp³-hybridized carbons (Fsp3) is 0. The Morgan fingerprint density at radius 3 is 2.00 bits per heavy atom. The first kappa shape index (κ1) is 24.2. The van der Waals surface area contributed by atoms with E-state index in [1.807, 2.05) is 11.3 Å². The topological polar surface area (TPSA) is 8.17 Å². The molecule has 7 aromatic carbocycles. The van der Waals surface area contributed by atoms with E-state index in [9.17, 15) is 0 Å². The number of benzene rings is 7. The Bertz CT molecular complexity index is 2450. The van der Waals surface area contributed by atoms with Crippen LogP contribution in [0.5, 0.6) is 0 Å². The SMILES string of the molecule is c1ccc(N(c2ccc3c(c2)c2c4c(ccc2n3-c2ccccc2)sc2ccccc24)c2cccc3ccccc23)cc1. The first-order valence-electron chi connectivity index (χ1n) is 14.6. The van der Waals surface area contributed by atoms with Crippen LogP contribution in [0, 0.1) is 0 Å². The summed E-state index contributed by atoms with van der Waals surface area (Å²) in [5, 5.41) is 7.68. The minimum atomic E-state index is 1.14. The van der Waals surface area contributed by atoms with E-state index in [2.05, 4.69) is 167 Å². The second kappa shape index (κ2) is 9.59. The molecular weight excluding hydrogens is 541 g/mol. The Morgan fingerprint density at radius 2 is 1.14 bits per heavy atom. The second-order valence-electron chi connectivity index (χ2n) is 11.0. The van der Waals surface area contributed by atoms with Crippen LogP contribution in [-0.2, 0) is 0 Å². The zero-order valence-electron chi connectivity index (χ0n) is 23.3. The highest BCUT2D eigenvalue weighted by atomic mass is 32.1. The van der Waals surface area contributed by atoms with Crippen LogP contribution < -0.4 is 4.90 Å². The van der Waals surface area contributed by atoms with Gasteiger partial charge in [0.25, 0.3) is 0 Å². The van der Waals surface area contributed by atoms with Crippen molar-refractivity contribution >= 4 is 81.1 Å². The lowest BCUT2D eigenvalue weighted by molar-refractivity contribution is 1.18. The molecule has 0 saturated heterocycles. The number of para-hydroxylation sites is 2. The standard InChI is InChI=1S/C40H26N2S/c1-3-14-28(15-4-1)41(34-20-11-13-27-12-7-8-18-31(27)34)30-22-23-35-33(26-30)39-36(42(35)29-16-5-2-6-17-29)24-25-38-40(39)32-19-9-10-21-37(32)43-38/h1-26H. The number of hydrogen-bond acceptors (Lipinski definition) is 2. The van der Waals surface area contributed by atoms with Gasteiger partial charge in [-0.3, -0.25) is 0 Å². The summed E-state index contributed by atoms with van der Waals surface area (Å²) < 4.78 is 5.06. The predicted octanol–water partition coefficient (Wildman–Crippen LogP) is 11.8. The summed E-state index contributed by atoms with van der Waals surface area (Å²) in [7, 11) is 0. The molecule has 0 unspecified atom stereocenters. The molecule has 9 rings (SSSR count). The minimum Gasteiger partial charge on any atom is -0.310 e. The van der Waals surface area contributed by atoms with Crippen molar-refractivity contribution in [2.75, 3.05) is 4.90 Å².